The Balaban J connectivity index is 1.09. The van der Waals surface area contributed by atoms with Crippen molar-refractivity contribution < 1.29 is 17.6 Å². The molecule has 2 aromatic heterocycles. The summed E-state index contributed by atoms with van der Waals surface area (Å²) < 4.78 is 54.2. The topological polar surface area (TPSA) is 46.8 Å². The van der Waals surface area contributed by atoms with Gasteiger partial charge < -0.3 is 9.47 Å². The van der Waals surface area contributed by atoms with Crippen LogP contribution in [0.5, 0.6) is 0 Å². The van der Waals surface area contributed by atoms with E-state index in [1.165, 1.54) is 18.3 Å². The second-order valence-corrected chi connectivity index (χ2v) is 10.2. The monoisotopic (exact) mass is 491 g/mol. The molecule has 1 saturated carbocycles. The van der Waals surface area contributed by atoms with Crippen LogP contribution >= 0.6 is 11.8 Å². The fraction of sp³-hybridized carbons (Fsp3) is 0.458. The number of benzene rings is 1. The third-order valence-corrected chi connectivity index (χ3v) is 8.09. The molecule has 1 aliphatic carbocycles. The Morgan fingerprint density at radius 3 is 2.68 bits per heavy atom. The summed E-state index contributed by atoms with van der Waals surface area (Å²) in [5.41, 5.74) is 0.989. The van der Waals surface area contributed by atoms with Crippen molar-refractivity contribution in [2.75, 3.05) is 25.4 Å². The molecule has 0 amide bonds. The minimum Gasteiger partial charge on any atom is -0.305 e. The van der Waals surface area contributed by atoms with Crippen LogP contribution in [0.2, 0.25) is 0 Å². The van der Waals surface area contributed by atoms with E-state index in [0.717, 1.165) is 55.4 Å². The van der Waals surface area contributed by atoms with Gasteiger partial charge in [-0.3, -0.25) is 0 Å². The standard InChI is InChI=1S/C24H25F4N5S/c1-32-21(18-4-2-10-29-20(18)25)30-31-22(32)34-13-3-11-33-12-9-23(15-33)14-19(23)16-5-7-17(8-6-16)24(26,27)28/h2,4-8,10,19H,3,9,11-15H2,1H3/t19?,23-/m1/s1. The highest BCUT2D eigenvalue weighted by molar-refractivity contribution is 7.99. The van der Waals surface area contributed by atoms with E-state index in [0.29, 0.717) is 17.3 Å². The lowest BCUT2D eigenvalue weighted by atomic mass is 9.97. The molecule has 5 nitrogen and oxygen atoms in total. The largest absolute Gasteiger partial charge is 0.416 e. The minimum absolute atomic E-state index is 0.221. The molecule has 2 aliphatic rings. The van der Waals surface area contributed by atoms with Crippen molar-refractivity contribution in [3.05, 3.63) is 59.7 Å². The van der Waals surface area contributed by atoms with Crippen LogP contribution in [-0.2, 0) is 13.2 Å². The lowest BCUT2D eigenvalue weighted by molar-refractivity contribution is -0.137. The lowest BCUT2D eigenvalue weighted by Gasteiger charge is -2.16. The fourth-order valence-corrected chi connectivity index (χ4v) is 5.86. The van der Waals surface area contributed by atoms with Crippen LogP contribution in [0.3, 0.4) is 0 Å². The van der Waals surface area contributed by atoms with Gasteiger partial charge in [-0.25, -0.2) is 4.98 Å². The Bertz CT molecular complexity index is 1160. The quantitative estimate of drug-likeness (QED) is 0.192. The summed E-state index contributed by atoms with van der Waals surface area (Å²) in [5, 5.41) is 9.06. The number of likely N-dealkylation sites (tertiary alicyclic amines) is 1. The first kappa shape index (κ1) is 23.3. The summed E-state index contributed by atoms with van der Waals surface area (Å²) in [6.45, 7) is 2.99. The minimum atomic E-state index is -4.29. The number of nitrogens with zero attached hydrogens (tertiary/aromatic N) is 5. The van der Waals surface area contributed by atoms with Crippen molar-refractivity contribution in [2.24, 2.45) is 12.5 Å². The molecule has 5 rings (SSSR count). The molecule has 34 heavy (non-hydrogen) atoms. The van der Waals surface area contributed by atoms with Gasteiger partial charge in [0, 0.05) is 25.5 Å². The van der Waals surface area contributed by atoms with Gasteiger partial charge in [-0.1, -0.05) is 23.9 Å². The summed E-state index contributed by atoms with van der Waals surface area (Å²) >= 11 is 1.60. The van der Waals surface area contributed by atoms with Gasteiger partial charge in [0.15, 0.2) is 11.0 Å². The smallest absolute Gasteiger partial charge is 0.305 e. The van der Waals surface area contributed by atoms with Gasteiger partial charge in [0.05, 0.1) is 11.1 Å². The Morgan fingerprint density at radius 2 is 1.94 bits per heavy atom. The van der Waals surface area contributed by atoms with Crippen LogP contribution in [0.4, 0.5) is 17.6 Å². The highest BCUT2D eigenvalue weighted by Gasteiger charge is 2.57. The van der Waals surface area contributed by atoms with Crippen LogP contribution < -0.4 is 0 Å². The van der Waals surface area contributed by atoms with E-state index < -0.39 is 17.7 Å². The van der Waals surface area contributed by atoms with Crippen molar-refractivity contribution in [1.29, 1.82) is 0 Å². The predicted octanol–water partition coefficient (Wildman–Crippen LogP) is 5.40. The van der Waals surface area contributed by atoms with Crippen molar-refractivity contribution >= 4 is 11.8 Å². The van der Waals surface area contributed by atoms with Gasteiger partial charge in [-0.05, 0) is 73.5 Å². The van der Waals surface area contributed by atoms with Gasteiger partial charge >= 0.3 is 6.18 Å². The van der Waals surface area contributed by atoms with Crippen molar-refractivity contribution in [1.82, 2.24) is 24.6 Å². The first-order valence-electron chi connectivity index (χ1n) is 11.3. The summed E-state index contributed by atoms with van der Waals surface area (Å²) in [7, 11) is 1.82. The molecule has 1 spiro atoms. The van der Waals surface area contributed by atoms with Crippen LogP contribution in [0.1, 0.15) is 36.3 Å². The molecule has 1 aliphatic heterocycles. The predicted molar refractivity (Wildman–Crippen MR) is 122 cm³/mol. The van der Waals surface area contributed by atoms with Gasteiger partial charge in [-0.15, -0.1) is 10.2 Å². The molecular weight excluding hydrogens is 466 g/mol. The maximum absolute atomic E-state index is 14.0. The Morgan fingerprint density at radius 1 is 1.15 bits per heavy atom. The number of halogens is 4. The third-order valence-electron chi connectivity index (χ3n) is 6.98. The van der Waals surface area contributed by atoms with Crippen molar-refractivity contribution in [3.8, 4) is 11.4 Å². The molecule has 10 heteroatoms. The number of aromatic nitrogens is 4. The highest BCUT2D eigenvalue weighted by atomic mass is 32.2. The number of hydrogen-bond acceptors (Lipinski definition) is 5. The zero-order valence-electron chi connectivity index (χ0n) is 18.7. The second-order valence-electron chi connectivity index (χ2n) is 9.17. The molecule has 1 aromatic carbocycles. The Labute approximate surface area is 199 Å². The van der Waals surface area contributed by atoms with E-state index in [1.54, 1.807) is 40.6 Å². The molecule has 0 bridgehead atoms. The van der Waals surface area contributed by atoms with Gasteiger partial charge in [0.1, 0.15) is 0 Å². The van der Waals surface area contributed by atoms with Gasteiger partial charge in [-0.2, -0.15) is 17.6 Å². The average molecular weight is 492 g/mol. The zero-order valence-corrected chi connectivity index (χ0v) is 19.5. The van der Waals surface area contributed by atoms with Crippen LogP contribution in [-0.4, -0.2) is 50.0 Å². The highest BCUT2D eigenvalue weighted by Crippen LogP contribution is 2.64. The SMILES string of the molecule is Cn1c(SCCCN2CC[C@@]3(CC3c3ccc(C(F)(F)F)cc3)C2)nnc1-c1cccnc1F. The molecule has 3 heterocycles. The normalized spacial score (nSPS) is 22.6. The van der Waals surface area contributed by atoms with E-state index >= 15 is 0 Å². The first-order chi connectivity index (χ1) is 16.3. The van der Waals surface area contributed by atoms with E-state index in [1.807, 2.05) is 7.05 Å². The lowest BCUT2D eigenvalue weighted by Crippen LogP contribution is -2.23. The van der Waals surface area contributed by atoms with Crippen molar-refractivity contribution in [3.63, 3.8) is 0 Å². The molecule has 1 unspecified atom stereocenters. The van der Waals surface area contributed by atoms with Gasteiger partial charge in [0.2, 0.25) is 5.95 Å². The summed E-state index contributed by atoms with van der Waals surface area (Å²) in [6.07, 6.45) is 0.241. The van der Waals surface area contributed by atoms with Crippen molar-refractivity contribution in [2.45, 2.75) is 36.5 Å². The number of rotatable bonds is 7. The molecule has 1 saturated heterocycles. The summed E-state index contributed by atoms with van der Waals surface area (Å²) in [4.78, 5) is 6.13. The summed E-state index contributed by atoms with van der Waals surface area (Å²) in [5.74, 6) is 1.12. The number of hydrogen-bond donors (Lipinski definition) is 0. The molecule has 180 valence electrons. The first-order valence-corrected chi connectivity index (χ1v) is 12.3. The fourth-order valence-electron chi connectivity index (χ4n) is 5.03. The third kappa shape index (κ3) is 4.57. The van der Waals surface area contributed by atoms with Crippen LogP contribution in [0, 0.1) is 11.4 Å². The Kier molecular flexibility index (Phi) is 6.14. The Hall–Kier alpha value is -2.46. The maximum atomic E-state index is 14.0. The van der Waals surface area contributed by atoms with Crippen LogP contribution in [0.15, 0.2) is 47.8 Å². The van der Waals surface area contributed by atoms with Crippen LogP contribution in [0.25, 0.3) is 11.4 Å². The maximum Gasteiger partial charge on any atom is 0.416 e. The van der Waals surface area contributed by atoms with E-state index in [9.17, 15) is 17.6 Å². The molecule has 2 atom stereocenters. The molecule has 3 aromatic rings. The van der Waals surface area contributed by atoms with Gasteiger partial charge in [0.25, 0.3) is 0 Å². The number of pyridine rings is 1. The summed E-state index contributed by atoms with van der Waals surface area (Å²) in [6, 6.07) is 9.00. The molecular formula is C24H25F4N5S. The molecule has 2 fully saturated rings. The van der Waals surface area contributed by atoms with E-state index in [4.69, 9.17) is 0 Å². The zero-order chi connectivity index (χ0) is 23.9. The van der Waals surface area contributed by atoms with E-state index in [2.05, 4.69) is 20.1 Å². The average Bonchev–Trinajstić information content (AvgIpc) is 3.16. The van der Waals surface area contributed by atoms with E-state index in [-0.39, 0.29) is 5.41 Å². The molecule has 0 N–H and O–H groups in total. The second kappa shape index (κ2) is 8.96. The number of alkyl halides is 3. The number of thioether (sulfide) groups is 1. The molecule has 0 radical (unpaired) electrons.